The number of likely N-dealkylation sites (N-methyl/N-ethyl adjacent to an activating group) is 2. The molecule has 12 heavy (non-hydrogen) atoms. The van der Waals surface area contributed by atoms with Gasteiger partial charge in [0.05, 0.1) is 5.54 Å². The van der Waals surface area contributed by atoms with E-state index in [2.05, 4.69) is 10.6 Å². The fourth-order valence-corrected chi connectivity index (χ4v) is 2.53. The van der Waals surface area contributed by atoms with Gasteiger partial charge in [-0.3, -0.25) is 4.79 Å². The lowest BCUT2D eigenvalue weighted by atomic mass is 9.92. The zero-order valence-corrected chi connectivity index (χ0v) is 7.68. The third-order valence-corrected chi connectivity index (χ3v) is 3.43. The van der Waals surface area contributed by atoms with Gasteiger partial charge in [0.2, 0.25) is 5.91 Å². The zero-order valence-electron chi connectivity index (χ0n) is 7.68. The monoisotopic (exact) mass is 168 g/mol. The zero-order chi connectivity index (χ0) is 8.77. The van der Waals surface area contributed by atoms with Gasteiger partial charge in [0.1, 0.15) is 0 Å². The van der Waals surface area contributed by atoms with E-state index in [1.807, 2.05) is 7.05 Å². The number of amides is 1. The van der Waals surface area contributed by atoms with E-state index in [4.69, 9.17) is 0 Å². The van der Waals surface area contributed by atoms with Gasteiger partial charge in [-0.15, -0.1) is 0 Å². The van der Waals surface area contributed by atoms with Gasteiger partial charge in [-0.2, -0.15) is 0 Å². The topological polar surface area (TPSA) is 41.1 Å². The van der Waals surface area contributed by atoms with Gasteiger partial charge >= 0.3 is 0 Å². The SMILES string of the molecule is CNC(=O)C1(NC)CC2CC2C1. The van der Waals surface area contributed by atoms with Crippen molar-refractivity contribution in [2.24, 2.45) is 11.8 Å². The molecule has 0 aromatic rings. The molecule has 1 amide bonds. The lowest BCUT2D eigenvalue weighted by Gasteiger charge is -2.28. The minimum atomic E-state index is -0.234. The molecule has 2 aliphatic carbocycles. The molecule has 0 radical (unpaired) electrons. The Labute approximate surface area is 72.9 Å². The average Bonchev–Trinajstić information content (AvgIpc) is 2.72. The van der Waals surface area contributed by atoms with Gasteiger partial charge < -0.3 is 10.6 Å². The van der Waals surface area contributed by atoms with Crippen LogP contribution in [-0.2, 0) is 4.79 Å². The van der Waals surface area contributed by atoms with Gasteiger partial charge in [0.25, 0.3) is 0 Å². The Balaban J connectivity index is 2.10. The molecule has 68 valence electrons. The maximum atomic E-state index is 11.6. The molecule has 0 saturated heterocycles. The smallest absolute Gasteiger partial charge is 0.240 e. The molecule has 0 bridgehead atoms. The third kappa shape index (κ3) is 0.959. The third-order valence-electron chi connectivity index (χ3n) is 3.43. The Morgan fingerprint density at radius 1 is 1.33 bits per heavy atom. The summed E-state index contributed by atoms with van der Waals surface area (Å²) in [7, 11) is 3.60. The summed E-state index contributed by atoms with van der Waals surface area (Å²) >= 11 is 0. The maximum absolute atomic E-state index is 11.6. The summed E-state index contributed by atoms with van der Waals surface area (Å²) in [5, 5.41) is 5.92. The Kier molecular flexibility index (Phi) is 1.65. The van der Waals surface area contributed by atoms with Crippen LogP contribution in [0.3, 0.4) is 0 Å². The normalized spacial score (nSPS) is 43.8. The second-order valence-corrected chi connectivity index (χ2v) is 4.08. The number of fused-ring (bicyclic) bond motifs is 1. The second-order valence-electron chi connectivity index (χ2n) is 4.08. The van der Waals surface area contributed by atoms with E-state index >= 15 is 0 Å². The molecule has 3 heteroatoms. The van der Waals surface area contributed by atoms with Crippen molar-refractivity contribution in [3.05, 3.63) is 0 Å². The van der Waals surface area contributed by atoms with Gasteiger partial charge in [0, 0.05) is 7.05 Å². The molecular weight excluding hydrogens is 152 g/mol. The van der Waals surface area contributed by atoms with Crippen molar-refractivity contribution in [1.29, 1.82) is 0 Å². The first-order valence-corrected chi connectivity index (χ1v) is 4.63. The molecule has 2 saturated carbocycles. The molecule has 0 spiro atoms. The summed E-state index contributed by atoms with van der Waals surface area (Å²) in [5.74, 6) is 1.82. The van der Waals surface area contributed by atoms with Crippen molar-refractivity contribution in [3.63, 3.8) is 0 Å². The first kappa shape index (κ1) is 8.05. The number of rotatable bonds is 2. The van der Waals surface area contributed by atoms with E-state index in [0.29, 0.717) is 0 Å². The second kappa shape index (κ2) is 2.46. The van der Waals surface area contributed by atoms with E-state index in [0.717, 1.165) is 24.7 Å². The van der Waals surface area contributed by atoms with E-state index in [9.17, 15) is 4.79 Å². The van der Waals surface area contributed by atoms with Crippen LogP contribution in [0, 0.1) is 11.8 Å². The molecule has 2 rings (SSSR count). The molecule has 2 atom stereocenters. The number of nitrogens with one attached hydrogen (secondary N) is 2. The highest BCUT2D eigenvalue weighted by molar-refractivity contribution is 5.86. The van der Waals surface area contributed by atoms with E-state index in [1.54, 1.807) is 7.05 Å². The highest BCUT2D eigenvalue weighted by atomic mass is 16.2. The van der Waals surface area contributed by atoms with Crippen LogP contribution in [0.2, 0.25) is 0 Å². The van der Waals surface area contributed by atoms with Gasteiger partial charge in [0.15, 0.2) is 0 Å². The quantitative estimate of drug-likeness (QED) is 0.615. The standard InChI is InChI=1S/C9H16N2O/c1-10-8(12)9(11-2)4-6-3-7(6)5-9/h6-7,11H,3-5H2,1-2H3,(H,10,12). The number of hydrogen-bond acceptors (Lipinski definition) is 2. The van der Waals surface area contributed by atoms with Gasteiger partial charge in [-0.05, 0) is 38.1 Å². The van der Waals surface area contributed by atoms with Crippen LogP contribution in [0.25, 0.3) is 0 Å². The van der Waals surface area contributed by atoms with Crippen LogP contribution in [0.1, 0.15) is 19.3 Å². The predicted octanol–water partition coefficient (Wildman–Crippen LogP) is 0.120. The van der Waals surface area contributed by atoms with Gasteiger partial charge in [-0.25, -0.2) is 0 Å². The Hall–Kier alpha value is -0.570. The van der Waals surface area contributed by atoms with Crippen LogP contribution >= 0.6 is 0 Å². The largest absolute Gasteiger partial charge is 0.358 e. The predicted molar refractivity (Wildman–Crippen MR) is 46.7 cm³/mol. The highest BCUT2D eigenvalue weighted by Crippen LogP contribution is 2.55. The van der Waals surface area contributed by atoms with Crippen molar-refractivity contribution in [1.82, 2.24) is 10.6 Å². The molecular formula is C9H16N2O. The molecule has 3 nitrogen and oxygen atoms in total. The van der Waals surface area contributed by atoms with Crippen LogP contribution in [0.15, 0.2) is 0 Å². The summed E-state index contributed by atoms with van der Waals surface area (Å²) < 4.78 is 0. The van der Waals surface area contributed by atoms with Crippen molar-refractivity contribution < 1.29 is 4.79 Å². The fourth-order valence-electron chi connectivity index (χ4n) is 2.53. The van der Waals surface area contributed by atoms with Crippen molar-refractivity contribution in [3.8, 4) is 0 Å². The van der Waals surface area contributed by atoms with Crippen LogP contribution in [-0.4, -0.2) is 25.5 Å². The number of carbonyl (C=O) groups is 1. The molecule has 2 unspecified atom stereocenters. The molecule has 0 aromatic carbocycles. The average molecular weight is 168 g/mol. The molecule has 0 aliphatic heterocycles. The summed E-state index contributed by atoms with van der Waals surface area (Å²) in [6.45, 7) is 0. The summed E-state index contributed by atoms with van der Waals surface area (Å²) in [5.41, 5.74) is -0.234. The Morgan fingerprint density at radius 3 is 2.33 bits per heavy atom. The molecule has 2 N–H and O–H groups in total. The lowest BCUT2D eigenvalue weighted by Crippen LogP contribution is -2.53. The first-order chi connectivity index (χ1) is 5.72. The number of hydrogen-bond donors (Lipinski definition) is 2. The van der Waals surface area contributed by atoms with E-state index in [1.165, 1.54) is 6.42 Å². The van der Waals surface area contributed by atoms with E-state index < -0.39 is 0 Å². The maximum Gasteiger partial charge on any atom is 0.240 e. The summed E-state index contributed by atoms with van der Waals surface area (Å²) in [6, 6.07) is 0. The lowest BCUT2D eigenvalue weighted by molar-refractivity contribution is -0.127. The van der Waals surface area contributed by atoms with E-state index in [-0.39, 0.29) is 11.4 Å². The molecule has 0 heterocycles. The minimum absolute atomic E-state index is 0.164. The summed E-state index contributed by atoms with van der Waals surface area (Å²) in [6.07, 6.45) is 3.42. The molecule has 2 fully saturated rings. The number of carbonyl (C=O) groups excluding carboxylic acids is 1. The Morgan fingerprint density at radius 2 is 1.92 bits per heavy atom. The summed E-state index contributed by atoms with van der Waals surface area (Å²) in [4.78, 5) is 11.6. The molecule has 2 aliphatic rings. The van der Waals surface area contributed by atoms with Gasteiger partial charge in [-0.1, -0.05) is 0 Å². The first-order valence-electron chi connectivity index (χ1n) is 4.63. The Bertz CT molecular complexity index is 205. The van der Waals surface area contributed by atoms with Crippen molar-refractivity contribution >= 4 is 5.91 Å². The highest BCUT2D eigenvalue weighted by Gasteiger charge is 2.56. The van der Waals surface area contributed by atoms with Crippen LogP contribution < -0.4 is 10.6 Å². The molecule has 0 aromatic heterocycles. The van der Waals surface area contributed by atoms with Crippen LogP contribution in [0.5, 0.6) is 0 Å². The van der Waals surface area contributed by atoms with Crippen LogP contribution in [0.4, 0.5) is 0 Å². The van der Waals surface area contributed by atoms with Crippen molar-refractivity contribution in [2.75, 3.05) is 14.1 Å². The minimum Gasteiger partial charge on any atom is -0.358 e. The van der Waals surface area contributed by atoms with Crippen molar-refractivity contribution in [2.45, 2.75) is 24.8 Å². The fraction of sp³-hybridized carbons (Fsp3) is 0.889.